The van der Waals surface area contributed by atoms with Crippen LogP contribution in [0.5, 0.6) is 0 Å². The molecule has 1 unspecified atom stereocenters. The topological polar surface area (TPSA) is 525 Å². The lowest BCUT2D eigenvalue weighted by molar-refractivity contribution is -0.145. The number of carboxylic acid groups (broad SMARTS) is 1. The van der Waals surface area contributed by atoms with E-state index in [9.17, 15) is 73.2 Å². The summed E-state index contributed by atoms with van der Waals surface area (Å²) in [7, 11) is 0. The number of nitrogens with two attached hydrogens (primary N) is 3. The molecule has 2 aromatic carbocycles. The first-order chi connectivity index (χ1) is 50.0. The Bertz CT molecular complexity index is 3300. The summed E-state index contributed by atoms with van der Waals surface area (Å²) in [5.74, 6) is -17.9. The molecule has 0 aliphatic carbocycles. The van der Waals surface area contributed by atoms with Gasteiger partial charge in [0, 0.05) is 50.5 Å². The van der Waals surface area contributed by atoms with Gasteiger partial charge in [-0.3, -0.25) is 62.5 Å². The zero-order valence-electron chi connectivity index (χ0n) is 64.3. The van der Waals surface area contributed by atoms with Crippen molar-refractivity contribution in [2.45, 2.75) is 247 Å². The fourth-order valence-corrected chi connectivity index (χ4v) is 11.6. The summed E-state index contributed by atoms with van der Waals surface area (Å²) in [4.78, 5) is 198. The molecule has 18 N–H and O–H groups in total. The van der Waals surface area contributed by atoms with Crippen molar-refractivity contribution in [1.29, 1.82) is 0 Å². The zero-order valence-corrected chi connectivity index (χ0v) is 64.3. The molecule has 9 amide bonds. The first-order valence-corrected chi connectivity index (χ1v) is 36.5. The molecular weight excluding hydrogens is 1390 g/mol. The van der Waals surface area contributed by atoms with Gasteiger partial charge in [-0.15, -0.1) is 0 Å². The SMILES string of the molecule is CC[C@H](C)C(CC(=O)[C@@H](CCCN=C(N)N)NC(=O)[C@@H](CC(=O)[C@@H](NC(=O)[C@@H](NC(=O)[C@H](CC(C)C)NC(=O)[C@@H](CC(C)C)NC(=O)OCc1ccccc1)[C@H](NC(=O)OC(C)(C)C)c1ccccc1)[C@H](O)C(C)C)CC(C)C)C(=O)N[C@H](C(=O)CCC(=O)N[C@@H](CC(N)=O)C(=O)C[C@@H](CO)C(=O)O)[C@@H](C)O. The molecule has 0 aliphatic heterocycles. The monoisotopic (exact) mass is 1510 g/mol. The summed E-state index contributed by atoms with van der Waals surface area (Å²) >= 11 is 0. The van der Waals surface area contributed by atoms with Crippen molar-refractivity contribution in [3.8, 4) is 0 Å². The van der Waals surface area contributed by atoms with Gasteiger partial charge >= 0.3 is 18.2 Å². The lowest BCUT2D eigenvalue weighted by Gasteiger charge is -2.34. The minimum absolute atomic E-state index is 0.0108. The molecule has 0 saturated heterocycles. The number of aliphatic hydroxyl groups is 3. The summed E-state index contributed by atoms with van der Waals surface area (Å²) in [6, 6.07) is 4.28. The second-order valence-electron chi connectivity index (χ2n) is 29.9. The van der Waals surface area contributed by atoms with Gasteiger partial charge in [0.25, 0.3) is 0 Å². The Hall–Kier alpha value is -9.43. The van der Waals surface area contributed by atoms with Crippen molar-refractivity contribution in [2.24, 2.45) is 69.5 Å². The standard InChI is InChI=1S/C75H118N12O20/c1-15-44(10)50(67(98)84-61(45(11)89)55(90)28-29-60(95)80-52(37-59(76)94)56(91)35-49(38-88)71(102)103)36-57(92)51(27-22-30-79-72(77)78)81-66(97)48(31-40(2)3)34-58(93)63(65(96)43(8)9)85-70(101)64(62(47-25-20-17-21-26-47)87-74(105)107-75(12,13)14)86-69(100)53(32-41(4)5)82-68(99)54(33-42(6)7)83-73(104)106-39-46-23-18-16-19-24-46/h16-21,23-26,40-45,48-54,61-65,88-89,96H,15,22,27-39H2,1-14H3,(H2,76,94)(H,80,95)(H,81,97)(H,82,99)(H,83,104)(H,84,98)(H,85,101)(H,86,100)(H,87,105)(H,102,103)(H4,77,78,79)/t44-,45+,48+,49-,50?,51+,52-,53-,54+,61-,62+,63+,64-,65+/m0/s1. The van der Waals surface area contributed by atoms with Crippen molar-refractivity contribution >= 4 is 88.6 Å². The van der Waals surface area contributed by atoms with Crippen LogP contribution in [0.15, 0.2) is 65.7 Å². The van der Waals surface area contributed by atoms with Gasteiger partial charge in [0.2, 0.25) is 41.4 Å². The second kappa shape index (κ2) is 46.6. The van der Waals surface area contributed by atoms with E-state index in [0.29, 0.717) is 12.0 Å². The first kappa shape index (κ1) is 93.7. The van der Waals surface area contributed by atoms with Crippen molar-refractivity contribution < 1.29 is 97.0 Å². The average molecular weight is 1510 g/mol. The highest BCUT2D eigenvalue weighted by Gasteiger charge is 2.42. The number of carboxylic acids is 1. The number of rotatable bonds is 49. The Kier molecular flexibility index (Phi) is 40.8. The van der Waals surface area contributed by atoms with Crippen LogP contribution in [0, 0.1) is 47.3 Å². The minimum Gasteiger partial charge on any atom is -0.481 e. The van der Waals surface area contributed by atoms with E-state index < -0.39 is 224 Å². The first-order valence-electron chi connectivity index (χ1n) is 36.5. The van der Waals surface area contributed by atoms with Gasteiger partial charge < -0.3 is 89.6 Å². The van der Waals surface area contributed by atoms with Crippen LogP contribution < -0.4 is 59.7 Å². The van der Waals surface area contributed by atoms with Gasteiger partial charge in [0.05, 0.1) is 49.3 Å². The molecule has 0 saturated carbocycles. The second-order valence-corrected chi connectivity index (χ2v) is 29.9. The number of hydrogen-bond donors (Lipinski definition) is 15. The molecule has 0 heterocycles. The predicted octanol–water partition coefficient (Wildman–Crippen LogP) is 3.12. The average Bonchev–Trinajstić information content (AvgIpc) is 0.816. The number of aliphatic hydroxyl groups excluding tert-OH is 3. The number of guanidine groups is 1. The van der Waals surface area contributed by atoms with E-state index in [2.05, 4.69) is 47.5 Å². The molecule has 598 valence electrons. The molecule has 0 aromatic heterocycles. The van der Waals surface area contributed by atoms with E-state index in [0.717, 1.165) is 0 Å². The molecular formula is C75H118N12O20. The molecule has 0 spiro atoms. The third-order valence-electron chi connectivity index (χ3n) is 17.5. The van der Waals surface area contributed by atoms with Crippen molar-refractivity contribution in [1.82, 2.24) is 42.5 Å². The predicted molar refractivity (Wildman–Crippen MR) is 396 cm³/mol. The highest BCUT2D eigenvalue weighted by Crippen LogP contribution is 2.27. The van der Waals surface area contributed by atoms with Crippen LogP contribution in [0.3, 0.4) is 0 Å². The maximum Gasteiger partial charge on any atom is 0.408 e. The van der Waals surface area contributed by atoms with Crippen LogP contribution >= 0.6 is 0 Å². The van der Waals surface area contributed by atoms with E-state index in [-0.39, 0.29) is 74.5 Å². The Morgan fingerprint density at radius 1 is 0.523 bits per heavy atom. The number of Topliss-reactive ketones (excluding diaryl/α,β-unsaturated/α-hetero) is 4. The number of carbonyl (C=O) groups is 14. The zero-order chi connectivity index (χ0) is 81.2. The van der Waals surface area contributed by atoms with Gasteiger partial charge in [-0.05, 0) is 101 Å². The quantitative estimate of drug-likeness (QED) is 0.0257. The van der Waals surface area contributed by atoms with Crippen LogP contribution in [-0.2, 0) is 73.6 Å². The number of primary amides is 1. The van der Waals surface area contributed by atoms with Crippen LogP contribution in [0.25, 0.3) is 0 Å². The molecule has 32 heteroatoms. The van der Waals surface area contributed by atoms with Crippen LogP contribution in [0.2, 0.25) is 0 Å². The van der Waals surface area contributed by atoms with E-state index in [1.54, 1.807) is 137 Å². The highest BCUT2D eigenvalue weighted by molar-refractivity contribution is 6.00. The molecule has 0 fully saturated rings. The molecule has 0 bridgehead atoms. The molecule has 32 nitrogen and oxygen atoms in total. The van der Waals surface area contributed by atoms with E-state index in [4.69, 9.17) is 26.7 Å². The largest absolute Gasteiger partial charge is 0.481 e. The minimum atomic E-state index is -1.88. The normalized spacial score (nSPS) is 15.4. The number of benzene rings is 2. The lowest BCUT2D eigenvalue weighted by Crippen LogP contribution is -2.62. The maximum absolute atomic E-state index is 15.5. The summed E-state index contributed by atoms with van der Waals surface area (Å²) in [6.45, 7) is 22.2. The lowest BCUT2D eigenvalue weighted by atomic mass is 9.83. The number of ketones is 4. The number of nitrogens with zero attached hydrogens (tertiary/aromatic N) is 1. The Morgan fingerprint density at radius 2 is 1.05 bits per heavy atom. The van der Waals surface area contributed by atoms with Crippen molar-refractivity contribution in [2.75, 3.05) is 13.2 Å². The third-order valence-corrected chi connectivity index (χ3v) is 17.5. The Morgan fingerprint density at radius 3 is 1.56 bits per heavy atom. The number of aliphatic imine (C=N–C) groups is 1. The van der Waals surface area contributed by atoms with E-state index in [1.807, 2.05) is 13.8 Å². The van der Waals surface area contributed by atoms with Gasteiger partial charge in [0.15, 0.2) is 29.1 Å². The molecule has 0 radical (unpaired) electrons. The maximum atomic E-state index is 15.5. The third kappa shape index (κ3) is 35.2. The Labute approximate surface area is 626 Å². The summed E-state index contributed by atoms with van der Waals surface area (Å²) in [5, 5.41) is 62.6. The summed E-state index contributed by atoms with van der Waals surface area (Å²) in [5.41, 5.74) is 16.4. The number of nitrogens with one attached hydrogen (secondary N) is 8. The number of aliphatic carboxylic acids is 1. The number of carbonyl (C=O) groups excluding carboxylic acids is 13. The van der Waals surface area contributed by atoms with Gasteiger partial charge in [-0.2, -0.15) is 0 Å². The molecule has 107 heavy (non-hydrogen) atoms. The van der Waals surface area contributed by atoms with Gasteiger partial charge in [-0.1, -0.05) is 136 Å². The van der Waals surface area contributed by atoms with Crippen LogP contribution in [0.4, 0.5) is 9.59 Å². The number of alkyl carbamates (subject to hydrolysis) is 2. The van der Waals surface area contributed by atoms with Crippen LogP contribution in [-0.4, -0.2) is 182 Å². The number of ether oxygens (including phenoxy) is 2. The number of hydrogen-bond acceptors (Lipinski definition) is 20. The van der Waals surface area contributed by atoms with E-state index in [1.165, 1.54) is 6.92 Å². The van der Waals surface area contributed by atoms with Crippen molar-refractivity contribution in [3.63, 3.8) is 0 Å². The Balaban J connectivity index is 2.70. The molecule has 2 rings (SSSR count). The fraction of sp³-hybridized carbons (Fsp3) is 0.640. The van der Waals surface area contributed by atoms with Gasteiger partial charge in [0.1, 0.15) is 42.4 Å². The highest BCUT2D eigenvalue weighted by atomic mass is 16.6. The summed E-state index contributed by atoms with van der Waals surface area (Å²) < 4.78 is 11.1. The fourth-order valence-electron chi connectivity index (χ4n) is 11.6. The number of amides is 9. The molecule has 2 aromatic rings. The smallest absolute Gasteiger partial charge is 0.408 e. The van der Waals surface area contributed by atoms with Gasteiger partial charge in [-0.25, -0.2) is 9.59 Å². The molecule has 14 atom stereocenters. The van der Waals surface area contributed by atoms with Crippen molar-refractivity contribution in [3.05, 3.63) is 71.8 Å². The van der Waals surface area contributed by atoms with Crippen LogP contribution in [0.1, 0.15) is 191 Å². The molecule has 0 aliphatic rings. The summed E-state index contributed by atoms with van der Waals surface area (Å²) in [6.07, 6.45) is -8.91. The van der Waals surface area contributed by atoms with E-state index >= 15 is 14.4 Å².